The minimum absolute atomic E-state index is 0.0419. The molecule has 1 N–H and O–H groups in total. The molecule has 2 rings (SSSR count). The molecule has 1 saturated heterocycles. The summed E-state index contributed by atoms with van der Waals surface area (Å²) in [6.07, 6.45) is 1.05. The van der Waals surface area contributed by atoms with Crippen LogP contribution in [0.4, 0.5) is 10.1 Å². The monoisotopic (exact) mass is 316 g/mol. The van der Waals surface area contributed by atoms with Crippen molar-refractivity contribution in [1.29, 1.82) is 0 Å². The summed E-state index contributed by atoms with van der Waals surface area (Å²) >= 11 is 0. The topological polar surface area (TPSA) is 106 Å². The number of hydrogen-bond acceptors (Lipinski definition) is 5. The zero-order valence-electron chi connectivity index (χ0n) is 10.9. The van der Waals surface area contributed by atoms with Crippen LogP contribution in [0.25, 0.3) is 0 Å². The van der Waals surface area contributed by atoms with E-state index in [9.17, 15) is 27.7 Å². The second kappa shape index (κ2) is 5.76. The number of carbonyl (C=O) groups excluding carboxylic acids is 1. The summed E-state index contributed by atoms with van der Waals surface area (Å²) in [6, 6.07) is 2.78. The molecule has 21 heavy (non-hydrogen) atoms. The van der Waals surface area contributed by atoms with Gasteiger partial charge in [-0.05, 0) is 25.0 Å². The number of nitro benzene ring substituents is 1. The first-order valence-electron chi connectivity index (χ1n) is 6.25. The Bertz CT molecular complexity index is 689. The minimum Gasteiger partial charge on any atom is -0.351 e. The Morgan fingerprint density at radius 3 is 2.71 bits per heavy atom. The minimum atomic E-state index is -3.17. The van der Waals surface area contributed by atoms with Crippen molar-refractivity contribution >= 4 is 21.4 Å². The standard InChI is InChI=1S/C12H13FN2O5S/c13-10-6-8(3-4-11(10)15(17)18)12(16)14-7-9-2-1-5-21(9,19)20/h3-4,6,9H,1-2,5,7H2,(H,14,16). The molecule has 114 valence electrons. The zero-order valence-corrected chi connectivity index (χ0v) is 11.7. The highest BCUT2D eigenvalue weighted by Gasteiger charge is 2.31. The molecule has 9 heteroatoms. The van der Waals surface area contributed by atoms with Crippen LogP contribution in [0.15, 0.2) is 18.2 Å². The Labute approximate surface area is 120 Å². The molecule has 1 atom stereocenters. The first-order valence-corrected chi connectivity index (χ1v) is 7.96. The molecule has 1 fully saturated rings. The van der Waals surface area contributed by atoms with Crippen molar-refractivity contribution in [2.24, 2.45) is 0 Å². The fraction of sp³-hybridized carbons (Fsp3) is 0.417. The number of hydrogen-bond donors (Lipinski definition) is 1. The lowest BCUT2D eigenvalue weighted by atomic mass is 10.2. The number of carbonyl (C=O) groups is 1. The number of amides is 1. The zero-order chi connectivity index (χ0) is 15.6. The van der Waals surface area contributed by atoms with Gasteiger partial charge >= 0.3 is 5.69 Å². The van der Waals surface area contributed by atoms with Gasteiger partial charge in [0, 0.05) is 18.2 Å². The van der Waals surface area contributed by atoms with Gasteiger partial charge in [0.1, 0.15) is 0 Å². The number of nitro groups is 1. The Morgan fingerprint density at radius 1 is 1.48 bits per heavy atom. The second-order valence-corrected chi connectivity index (χ2v) is 7.17. The summed E-state index contributed by atoms with van der Waals surface area (Å²) < 4.78 is 36.6. The second-order valence-electron chi connectivity index (χ2n) is 4.76. The SMILES string of the molecule is O=C(NCC1CCCS1(=O)=O)c1ccc([N+](=O)[O-])c(F)c1. The molecule has 1 unspecified atom stereocenters. The van der Waals surface area contributed by atoms with Crippen molar-refractivity contribution in [2.45, 2.75) is 18.1 Å². The Morgan fingerprint density at radius 2 is 2.19 bits per heavy atom. The third-order valence-corrected chi connectivity index (χ3v) is 5.64. The molecule has 1 aliphatic rings. The van der Waals surface area contributed by atoms with Crippen molar-refractivity contribution < 1.29 is 22.5 Å². The molecule has 0 aliphatic carbocycles. The van der Waals surface area contributed by atoms with Gasteiger partial charge in [0.25, 0.3) is 5.91 Å². The van der Waals surface area contributed by atoms with Crippen molar-refractivity contribution in [3.05, 3.63) is 39.7 Å². The van der Waals surface area contributed by atoms with Gasteiger partial charge in [-0.3, -0.25) is 14.9 Å². The first kappa shape index (κ1) is 15.4. The molecule has 0 aromatic heterocycles. The molecule has 1 heterocycles. The van der Waals surface area contributed by atoms with E-state index >= 15 is 0 Å². The van der Waals surface area contributed by atoms with Gasteiger partial charge in [-0.1, -0.05) is 0 Å². The lowest BCUT2D eigenvalue weighted by Crippen LogP contribution is -2.34. The first-order chi connectivity index (χ1) is 9.81. The molecule has 0 bridgehead atoms. The lowest BCUT2D eigenvalue weighted by Gasteiger charge is -2.10. The number of sulfone groups is 1. The molecule has 1 aromatic rings. The fourth-order valence-electron chi connectivity index (χ4n) is 2.19. The van der Waals surface area contributed by atoms with E-state index in [-0.39, 0.29) is 17.9 Å². The third-order valence-electron chi connectivity index (χ3n) is 3.36. The fourth-order valence-corrected chi connectivity index (χ4v) is 3.96. The summed E-state index contributed by atoms with van der Waals surface area (Å²) in [6.45, 7) is -0.0419. The maximum atomic E-state index is 13.4. The number of nitrogens with one attached hydrogen (secondary N) is 1. The van der Waals surface area contributed by atoms with E-state index in [2.05, 4.69) is 5.32 Å². The van der Waals surface area contributed by atoms with Gasteiger partial charge in [-0.2, -0.15) is 4.39 Å². The van der Waals surface area contributed by atoms with Crippen LogP contribution in [-0.4, -0.2) is 36.8 Å². The Hall–Kier alpha value is -2.03. The van der Waals surface area contributed by atoms with Crippen molar-refractivity contribution in [3.8, 4) is 0 Å². The largest absolute Gasteiger partial charge is 0.351 e. The van der Waals surface area contributed by atoms with Crippen LogP contribution in [-0.2, 0) is 9.84 Å². The lowest BCUT2D eigenvalue weighted by molar-refractivity contribution is -0.387. The normalized spacial score (nSPS) is 20.1. The van der Waals surface area contributed by atoms with Crippen LogP contribution in [0.5, 0.6) is 0 Å². The summed E-state index contributed by atoms with van der Waals surface area (Å²) in [5.74, 6) is -1.66. The van der Waals surface area contributed by atoms with Crippen LogP contribution in [0.3, 0.4) is 0 Å². The molecule has 1 aliphatic heterocycles. The highest BCUT2D eigenvalue weighted by atomic mass is 32.2. The van der Waals surface area contributed by atoms with E-state index in [0.29, 0.717) is 12.8 Å². The Balaban J connectivity index is 2.04. The van der Waals surface area contributed by atoms with Crippen LogP contribution in [0.2, 0.25) is 0 Å². The van der Waals surface area contributed by atoms with Gasteiger partial charge in [0.15, 0.2) is 9.84 Å². The number of rotatable bonds is 4. The number of halogens is 1. The van der Waals surface area contributed by atoms with E-state index in [1.165, 1.54) is 0 Å². The van der Waals surface area contributed by atoms with Crippen LogP contribution in [0.1, 0.15) is 23.2 Å². The van der Waals surface area contributed by atoms with Crippen LogP contribution < -0.4 is 5.32 Å². The van der Waals surface area contributed by atoms with E-state index in [4.69, 9.17) is 0 Å². The molecular formula is C12H13FN2O5S. The highest BCUT2D eigenvalue weighted by Crippen LogP contribution is 2.20. The summed E-state index contributed by atoms with van der Waals surface area (Å²) in [4.78, 5) is 21.4. The summed E-state index contributed by atoms with van der Waals surface area (Å²) in [5, 5.41) is 12.3. The van der Waals surface area contributed by atoms with Gasteiger partial charge in [0.2, 0.25) is 5.82 Å². The molecule has 0 spiro atoms. The third kappa shape index (κ3) is 3.35. The molecular weight excluding hydrogens is 303 g/mol. The van der Waals surface area contributed by atoms with Crippen molar-refractivity contribution in [1.82, 2.24) is 5.32 Å². The number of benzene rings is 1. The average molecular weight is 316 g/mol. The van der Waals surface area contributed by atoms with Gasteiger partial charge in [-0.15, -0.1) is 0 Å². The number of nitrogens with zero attached hydrogens (tertiary/aromatic N) is 1. The smallest absolute Gasteiger partial charge is 0.304 e. The molecule has 1 aromatic carbocycles. The highest BCUT2D eigenvalue weighted by molar-refractivity contribution is 7.92. The van der Waals surface area contributed by atoms with Gasteiger partial charge in [-0.25, -0.2) is 8.42 Å². The maximum absolute atomic E-state index is 13.4. The van der Waals surface area contributed by atoms with Crippen LogP contribution in [0, 0.1) is 15.9 Å². The predicted octanol–water partition coefficient (Wildman–Crippen LogP) is 1.04. The molecule has 0 saturated carbocycles. The predicted molar refractivity (Wildman–Crippen MR) is 72.2 cm³/mol. The maximum Gasteiger partial charge on any atom is 0.304 e. The van der Waals surface area contributed by atoms with Gasteiger partial charge in [0.05, 0.1) is 15.9 Å². The van der Waals surface area contributed by atoms with E-state index < -0.39 is 37.4 Å². The molecule has 7 nitrogen and oxygen atoms in total. The molecule has 0 radical (unpaired) electrons. The van der Waals surface area contributed by atoms with E-state index in [0.717, 1.165) is 18.2 Å². The quantitative estimate of drug-likeness (QED) is 0.660. The average Bonchev–Trinajstić information content (AvgIpc) is 2.74. The Kier molecular flexibility index (Phi) is 4.21. The van der Waals surface area contributed by atoms with Crippen molar-refractivity contribution in [3.63, 3.8) is 0 Å². The summed E-state index contributed by atoms with van der Waals surface area (Å²) in [7, 11) is -3.17. The summed E-state index contributed by atoms with van der Waals surface area (Å²) in [5.41, 5.74) is -0.807. The molecule has 1 amide bonds. The van der Waals surface area contributed by atoms with Crippen LogP contribution >= 0.6 is 0 Å². The van der Waals surface area contributed by atoms with Crippen molar-refractivity contribution in [2.75, 3.05) is 12.3 Å². The van der Waals surface area contributed by atoms with E-state index in [1.807, 2.05) is 0 Å². The van der Waals surface area contributed by atoms with E-state index in [1.54, 1.807) is 0 Å². The van der Waals surface area contributed by atoms with Gasteiger partial charge < -0.3 is 5.32 Å².